The van der Waals surface area contributed by atoms with Crippen LogP contribution in [0.5, 0.6) is 0 Å². The summed E-state index contributed by atoms with van der Waals surface area (Å²) >= 11 is 1.62. The molecule has 0 saturated carbocycles. The second-order valence-electron chi connectivity index (χ2n) is 5.68. The van der Waals surface area contributed by atoms with Gasteiger partial charge in [0, 0.05) is 18.8 Å². The van der Waals surface area contributed by atoms with E-state index in [1.807, 2.05) is 6.92 Å². The second kappa shape index (κ2) is 5.82. The van der Waals surface area contributed by atoms with Gasteiger partial charge in [0.2, 0.25) is 0 Å². The maximum absolute atomic E-state index is 14.1. The van der Waals surface area contributed by atoms with Crippen molar-refractivity contribution >= 4 is 27.4 Å². The van der Waals surface area contributed by atoms with Crippen molar-refractivity contribution in [3.8, 4) is 11.4 Å². The van der Waals surface area contributed by atoms with Gasteiger partial charge in [-0.3, -0.25) is 4.98 Å². The lowest BCUT2D eigenvalue weighted by Gasteiger charge is -2.14. The van der Waals surface area contributed by atoms with Gasteiger partial charge in [0.15, 0.2) is 11.6 Å². The standard InChI is InChI=1S/C16H16FN5S/c1-9-8-23-14-13(9)21-15(11-3-5-19-7-12(11)17)22-16(14)20-10-2-4-18-6-10/h3,5,7-8,10,18H,2,4,6H2,1H3,(H,20,21,22). The summed E-state index contributed by atoms with van der Waals surface area (Å²) in [7, 11) is 0. The molecule has 0 spiro atoms. The van der Waals surface area contributed by atoms with Gasteiger partial charge < -0.3 is 10.6 Å². The lowest BCUT2D eigenvalue weighted by molar-refractivity contribution is 0.623. The Morgan fingerprint density at radius 2 is 2.30 bits per heavy atom. The van der Waals surface area contributed by atoms with Crippen molar-refractivity contribution in [2.75, 3.05) is 18.4 Å². The molecule has 1 unspecified atom stereocenters. The highest BCUT2D eigenvalue weighted by Gasteiger charge is 2.19. The smallest absolute Gasteiger partial charge is 0.165 e. The Morgan fingerprint density at radius 1 is 1.39 bits per heavy atom. The first-order valence-corrected chi connectivity index (χ1v) is 8.43. The monoisotopic (exact) mass is 329 g/mol. The average Bonchev–Trinajstić information content (AvgIpc) is 3.18. The van der Waals surface area contributed by atoms with E-state index >= 15 is 0 Å². The Balaban J connectivity index is 1.85. The molecule has 4 heterocycles. The fourth-order valence-electron chi connectivity index (χ4n) is 2.78. The largest absolute Gasteiger partial charge is 0.365 e. The van der Waals surface area contributed by atoms with Gasteiger partial charge in [0.1, 0.15) is 5.82 Å². The molecule has 3 aromatic heterocycles. The van der Waals surface area contributed by atoms with E-state index in [1.165, 1.54) is 6.20 Å². The molecule has 3 aromatic rings. The number of thiophene rings is 1. The molecule has 1 atom stereocenters. The second-order valence-corrected chi connectivity index (χ2v) is 6.56. The van der Waals surface area contributed by atoms with Crippen LogP contribution in [0.15, 0.2) is 23.8 Å². The Labute approximate surface area is 137 Å². The minimum Gasteiger partial charge on any atom is -0.365 e. The zero-order chi connectivity index (χ0) is 15.8. The van der Waals surface area contributed by atoms with Crippen LogP contribution in [0.25, 0.3) is 21.6 Å². The topological polar surface area (TPSA) is 62.7 Å². The molecule has 1 aliphatic rings. The van der Waals surface area contributed by atoms with E-state index < -0.39 is 5.82 Å². The van der Waals surface area contributed by atoms with Crippen LogP contribution in [0, 0.1) is 12.7 Å². The van der Waals surface area contributed by atoms with E-state index in [0.29, 0.717) is 17.4 Å². The van der Waals surface area contributed by atoms with Crippen LogP contribution in [0.3, 0.4) is 0 Å². The number of anilines is 1. The number of fused-ring (bicyclic) bond motifs is 1. The van der Waals surface area contributed by atoms with Crippen LogP contribution in [0.1, 0.15) is 12.0 Å². The SMILES string of the molecule is Cc1csc2c(NC3CCNC3)nc(-c3ccncc3F)nc12. The molecule has 0 amide bonds. The van der Waals surface area contributed by atoms with Crippen molar-refractivity contribution in [2.45, 2.75) is 19.4 Å². The predicted octanol–water partition coefficient (Wildman–Crippen LogP) is 2.97. The fraction of sp³-hybridized carbons (Fsp3) is 0.312. The van der Waals surface area contributed by atoms with Gasteiger partial charge in [-0.15, -0.1) is 11.3 Å². The van der Waals surface area contributed by atoms with E-state index in [0.717, 1.165) is 41.1 Å². The Morgan fingerprint density at radius 3 is 3.09 bits per heavy atom. The van der Waals surface area contributed by atoms with Crippen LogP contribution in [-0.4, -0.2) is 34.1 Å². The van der Waals surface area contributed by atoms with Gasteiger partial charge in [-0.1, -0.05) is 0 Å². The molecular weight excluding hydrogens is 313 g/mol. The summed E-state index contributed by atoms with van der Waals surface area (Å²) in [4.78, 5) is 13.0. The molecule has 1 saturated heterocycles. The number of hydrogen-bond acceptors (Lipinski definition) is 6. The summed E-state index contributed by atoms with van der Waals surface area (Å²) in [5, 5.41) is 8.88. The lowest BCUT2D eigenvalue weighted by Crippen LogP contribution is -2.23. The van der Waals surface area contributed by atoms with Gasteiger partial charge in [-0.2, -0.15) is 0 Å². The first-order valence-electron chi connectivity index (χ1n) is 7.55. The third-order valence-corrected chi connectivity index (χ3v) is 5.10. The zero-order valence-corrected chi connectivity index (χ0v) is 13.5. The van der Waals surface area contributed by atoms with Gasteiger partial charge in [0.05, 0.1) is 22.0 Å². The van der Waals surface area contributed by atoms with Crippen molar-refractivity contribution in [1.82, 2.24) is 20.3 Å². The minimum atomic E-state index is -0.409. The number of nitrogens with zero attached hydrogens (tertiary/aromatic N) is 3. The molecule has 5 nitrogen and oxygen atoms in total. The van der Waals surface area contributed by atoms with E-state index in [-0.39, 0.29) is 0 Å². The number of halogens is 1. The summed E-state index contributed by atoms with van der Waals surface area (Å²) in [6, 6.07) is 1.95. The molecule has 0 aliphatic carbocycles. The van der Waals surface area contributed by atoms with Crippen LogP contribution >= 0.6 is 11.3 Å². The van der Waals surface area contributed by atoms with Crippen LogP contribution < -0.4 is 10.6 Å². The van der Waals surface area contributed by atoms with Crippen molar-refractivity contribution in [1.29, 1.82) is 0 Å². The highest BCUT2D eigenvalue weighted by atomic mass is 32.1. The molecular formula is C16H16FN5S. The average molecular weight is 329 g/mol. The van der Waals surface area contributed by atoms with Crippen LogP contribution in [-0.2, 0) is 0 Å². The molecule has 118 valence electrons. The first kappa shape index (κ1) is 14.5. The maximum Gasteiger partial charge on any atom is 0.165 e. The molecule has 0 radical (unpaired) electrons. The number of aromatic nitrogens is 3. The fourth-order valence-corrected chi connectivity index (χ4v) is 3.72. The van der Waals surface area contributed by atoms with E-state index in [9.17, 15) is 4.39 Å². The van der Waals surface area contributed by atoms with Gasteiger partial charge in [-0.05, 0) is 36.9 Å². The van der Waals surface area contributed by atoms with E-state index in [1.54, 1.807) is 23.6 Å². The van der Waals surface area contributed by atoms with Gasteiger partial charge >= 0.3 is 0 Å². The molecule has 2 N–H and O–H groups in total. The quantitative estimate of drug-likeness (QED) is 0.773. The van der Waals surface area contributed by atoms with Crippen LogP contribution in [0.2, 0.25) is 0 Å². The summed E-state index contributed by atoms with van der Waals surface area (Å²) in [5.41, 5.74) is 2.33. The van der Waals surface area contributed by atoms with E-state index in [2.05, 4.69) is 31.0 Å². The lowest BCUT2D eigenvalue weighted by atomic mass is 10.2. The van der Waals surface area contributed by atoms with Crippen molar-refractivity contribution in [3.05, 3.63) is 35.2 Å². The molecule has 1 aliphatic heterocycles. The highest BCUT2D eigenvalue weighted by Crippen LogP contribution is 2.32. The molecule has 4 rings (SSSR count). The summed E-state index contributed by atoms with van der Waals surface area (Å²) in [5.74, 6) is 0.772. The number of rotatable bonds is 3. The molecule has 23 heavy (non-hydrogen) atoms. The van der Waals surface area contributed by atoms with Gasteiger partial charge in [-0.25, -0.2) is 14.4 Å². The summed E-state index contributed by atoms with van der Waals surface area (Å²) in [6.45, 7) is 3.93. The van der Waals surface area contributed by atoms with Crippen molar-refractivity contribution < 1.29 is 4.39 Å². The normalized spacial score (nSPS) is 17.7. The maximum atomic E-state index is 14.1. The number of aryl methyl sites for hydroxylation is 1. The van der Waals surface area contributed by atoms with Crippen molar-refractivity contribution in [2.24, 2.45) is 0 Å². The molecule has 7 heteroatoms. The molecule has 1 fully saturated rings. The number of nitrogens with one attached hydrogen (secondary N) is 2. The predicted molar refractivity (Wildman–Crippen MR) is 90.2 cm³/mol. The zero-order valence-electron chi connectivity index (χ0n) is 12.6. The Bertz CT molecular complexity index is 857. The van der Waals surface area contributed by atoms with Crippen molar-refractivity contribution in [3.63, 3.8) is 0 Å². The summed E-state index contributed by atoms with van der Waals surface area (Å²) in [6.07, 6.45) is 3.80. The summed E-state index contributed by atoms with van der Waals surface area (Å²) < 4.78 is 15.1. The Kier molecular flexibility index (Phi) is 3.66. The van der Waals surface area contributed by atoms with E-state index in [4.69, 9.17) is 0 Å². The third-order valence-electron chi connectivity index (χ3n) is 4.01. The van der Waals surface area contributed by atoms with Crippen LogP contribution in [0.4, 0.5) is 10.2 Å². The number of hydrogen-bond donors (Lipinski definition) is 2. The highest BCUT2D eigenvalue weighted by molar-refractivity contribution is 7.18. The third kappa shape index (κ3) is 2.66. The molecule has 0 aromatic carbocycles. The first-order chi connectivity index (χ1) is 11.2. The molecule has 0 bridgehead atoms. The van der Waals surface area contributed by atoms with Gasteiger partial charge in [0.25, 0.3) is 0 Å². The minimum absolute atomic E-state index is 0.339. The Hall–Kier alpha value is -2.12. The number of pyridine rings is 1.